The van der Waals surface area contributed by atoms with Crippen molar-refractivity contribution in [2.24, 2.45) is 0 Å². The molecule has 2 N–H and O–H groups in total. The second-order valence-corrected chi connectivity index (χ2v) is 19.7. The molecule has 0 unspecified atom stereocenters. The quantitative estimate of drug-likeness (QED) is 0.0272. The molecule has 0 aliphatic carbocycles. The molecule has 0 spiro atoms. The summed E-state index contributed by atoms with van der Waals surface area (Å²) in [7, 11) is -9.17. The van der Waals surface area contributed by atoms with Gasteiger partial charge in [0.25, 0.3) is 10.1 Å². The first-order valence-corrected chi connectivity index (χ1v) is 26.8. The number of benzene rings is 4. The van der Waals surface area contributed by atoms with Gasteiger partial charge in [0.2, 0.25) is 0 Å². The zero-order chi connectivity index (χ0) is 46.5. The topological polar surface area (TPSA) is 173 Å². The van der Waals surface area contributed by atoms with Crippen molar-refractivity contribution in [3.8, 4) is 34.5 Å². The van der Waals surface area contributed by atoms with Gasteiger partial charge in [-0.3, -0.25) is 4.55 Å². The summed E-state index contributed by atoms with van der Waals surface area (Å²) in [5.41, 5.74) is 2.38. The van der Waals surface area contributed by atoms with E-state index in [1.54, 1.807) is 24.3 Å². The molecule has 0 fully saturated rings. The smallest absolute Gasteiger partial charge is 0.872 e. The van der Waals surface area contributed by atoms with Crippen molar-refractivity contribution in [3.05, 3.63) is 96.1 Å². The maximum absolute atomic E-state index is 11.5. The second-order valence-electron chi connectivity index (χ2n) is 16.9. The van der Waals surface area contributed by atoms with Gasteiger partial charge < -0.3 is 24.2 Å². The van der Waals surface area contributed by atoms with Crippen LogP contribution in [0.15, 0.2) is 94.7 Å². The molecule has 0 heterocycles. The second kappa shape index (κ2) is 33.6. The van der Waals surface area contributed by atoms with Gasteiger partial charge in [-0.15, -0.1) is 5.75 Å². The van der Waals surface area contributed by atoms with Gasteiger partial charge in [-0.25, -0.2) is 8.42 Å². The van der Waals surface area contributed by atoms with Crippen LogP contribution in [0.4, 0.5) is 0 Å². The summed E-state index contributed by atoms with van der Waals surface area (Å²) in [5, 5.41) is 21.1. The fraction of sp³-hybridized carbons (Fsp3) is 0.538. The van der Waals surface area contributed by atoms with E-state index in [0.717, 1.165) is 49.9 Å². The van der Waals surface area contributed by atoms with Crippen LogP contribution >= 0.6 is 0 Å². The van der Waals surface area contributed by atoms with Crippen LogP contribution in [0.5, 0.6) is 34.5 Å². The molecule has 0 atom stereocenters. The molecule has 0 bridgehead atoms. The largest absolute Gasteiger partial charge is 2.00 e. The zero-order valence-electron chi connectivity index (χ0n) is 39.2. The van der Waals surface area contributed by atoms with Crippen molar-refractivity contribution < 1.29 is 45.6 Å². The number of unbranched alkanes of at least 4 members (excludes halogenated alkanes) is 22. The van der Waals surface area contributed by atoms with E-state index in [9.17, 15) is 36.2 Å². The van der Waals surface area contributed by atoms with E-state index >= 15 is 0 Å². The van der Waals surface area contributed by atoms with E-state index in [1.165, 1.54) is 165 Å². The van der Waals surface area contributed by atoms with Gasteiger partial charge in [-0.05, 0) is 85.3 Å². The summed E-state index contributed by atoms with van der Waals surface area (Å²) in [6, 6.07) is 21.3. The number of ether oxygens (including phenoxy) is 2. The molecular weight excluding hydrogens is 889 g/mol. The molecule has 0 saturated carbocycles. The summed E-state index contributed by atoms with van der Waals surface area (Å²) >= 11 is 0. The van der Waals surface area contributed by atoms with E-state index in [2.05, 4.69) is 13.8 Å². The van der Waals surface area contributed by atoms with Crippen molar-refractivity contribution in [3.63, 3.8) is 0 Å². The van der Waals surface area contributed by atoms with Crippen LogP contribution in [0.1, 0.15) is 179 Å². The molecule has 0 radical (unpaired) electrons. The third kappa shape index (κ3) is 25.8. The Kier molecular flexibility index (Phi) is 30.1. The van der Waals surface area contributed by atoms with Gasteiger partial charge in [0.1, 0.15) is 38.0 Å². The maximum atomic E-state index is 11.5. The average molecular weight is 963 g/mol. The third-order valence-electron chi connectivity index (χ3n) is 11.3. The third-order valence-corrected chi connectivity index (χ3v) is 13.1. The van der Waals surface area contributed by atoms with Crippen LogP contribution in [0, 0.1) is 0 Å². The average Bonchev–Trinajstić information content (AvgIpc) is 3.25. The Morgan fingerprint density at radius 2 is 0.800 bits per heavy atom. The Hall–Kier alpha value is -2.84. The Labute approximate surface area is 421 Å². The summed E-state index contributed by atoms with van der Waals surface area (Å²) in [6.07, 6.45) is 33.8. The number of hydrogen-bond donors (Lipinski definition) is 2. The van der Waals surface area contributed by atoms with E-state index in [1.807, 2.05) is 24.3 Å². The predicted molar refractivity (Wildman–Crippen MR) is 260 cm³/mol. The van der Waals surface area contributed by atoms with E-state index in [4.69, 9.17) is 9.47 Å². The summed E-state index contributed by atoms with van der Waals surface area (Å²) < 4.78 is 77.5. The molecule has 0 aliphatic rings. The molecule has 0 aliphatic heterocycles. The zero-order valence-corrected chi connectivity index (χ0v) is 43.0. The fourth-order valence-corrected chi connectivity index (χ4v) is 8.78. The van der Waals surface area contributed by atoms with Crippen molar-refractivity contribution in [2.75, 3.05) is 0 Å². The van der Waals surface area contributed by atoms with Gasteiger partial charge in [0.15, 0.2) is 5.75 Å². The molecule has 4 rings (SSSR count). The Morgan fingerprint density at radius 3 is 1.15 bits per heavy atom. The minimum atomic E-state index is -4.72. The van der Waals surface area contributed by atoms with Crippen molar-refractivity contribution >= 4 is 58.0 Å². The number of rotatable bonds is 32. The molecule has 0 saturated heterocycles. The van der Waals surface area contributed by atoms with Crippen LogP contribution in [0.2, 0.25) is 0 Å². The van der Waals surface area contributed by atoms with Crippen molar-refractivity contribution in [1.29, 1.82) is 0 Å². The van der Waals surface area contributed by atoms with Gasteiger partial charge in [-0.1, -0.05) is 185 Å². The molecule has 10 nitrogen and oxygen atoms in total. The van der Waals surface area contributed by atoms with Crippen LogP contribution in [-0.2, 0) is 33.1 Å². The number of phenols is 1. The first kappa shape index (κ1) is 58.3. The standard InChI is InChI=1S/2C26H38O5S.Ca/c2*1-2-3-4-5-6-7-8-9-10-11-12-13-14-22-15-18-24(19-16-22)31-25-21-23(27)17-20-26(25)32(28,29)30;/h2*15-21,27H,2-14H2,1H3,(H,28,29,30);/q;;+2/p-2. The number of aromatic hydroxyl groups is 1. The molecule has 65 heavy (non-hydrogen) atoms. The van der Waals surface area contributed by atoms with Crippen LogP contribution in [-0.4, -0.2) is 68.8 Å². The normalized spacial score (nSPS) is 11.4. The number of phenolic OH excluding ortho intramolecular Hbond substituents is 1. The van der Waals surface area contributed by atoms with E-state index < -0.39 is 30.9 Å². The Balaban J connectivity index is 0.000000440. The monoisotopic (exact) mass is 962 g/mol. The molecule has 0 amide bonds. The minimum absolute atomic E-state index is 0. The summed E-state index contributed by atoms with van der Waals surface area (Å²) in [4.78, 5) is -0.909. The Bertz CT molecular complexity index is 1940. The molecular formula is C52H74CaO10S2. The molecule has 0 aromatic heterocycles. The molecule has 13 heteroatoms. The molecule has 4 aromatic carbocycles. The predicted octanol–water partition coefficient (Wildman–Crippen LogP) is 14.0. The van der Waals surface area contributed by atoms with Gasteiger partial charge in [0, 0.05) is 6.07 Å². The van der Waals surface area contributed by atoms with E-state index in [0.29, 0.717) is 11.5 Å². The number of hydrogen-bond acceptors (Lipinski definition) is 9. The number of aryl methyl sites for hydroxylation is 2. The van der Waals surface area contributed by atoms with Crippen LogP contribution < -0.4 is 14.6 Å². The van der Waals surface area contributed by atoms with E-state index in [-0.39, 0.29) is 59.9 Å². The van der Waals surface area contributed by atoms with Gasteiger partial charge in [0.05, 0.1) is 4.90 Å². The van der Waals surface area contributed by atoms with Gasteiger partial charge >= 0.3 is 37.7 Å². The van der Waals surface area contributed by atoms with Crippen molar-refractivity contribution in [2.45, 2.75) is 191 Å². The summed E-state index contributed by atoms with van der Waals surface area (Å²) in [6.45, 7) is 4.51. The fourth-order valence-electron chi connectivity index (χ4n) is 7.61. The van der Waals surface area contributed by atoms with Gasteiger partial charge in [-0.2, -0.15) is 8.42 Å². The molecule has 356 valence electrons. The molecule has 4 aromatic rings. The first-order chi connectivity index (χ1) is 30.8. The maximum Gasteiger partial charge on any atom is 2.00 e. The van der Waals surface area contributed by atoms with Crippen LogP contribution in [0.3, 0.4) is 0 Å². The minimum Gasteiger partial charge on any atom is -0.872 e. The van der Waals surface area contributed by atoms with Crippen LogP contribution in [0.25, 0.3) is 0 Å². The SMILES string of the molecule is CCCCCCCCCCCCCCc1ccc(Oc2cc(O)ccc2S(=O)(=O)O)cc1.CCCCCCCCCCCCCCc1ccc(Oc2cc([O-])ccc2S(=O)(=O)[O-])cc1.[Ca+2]. The Morgan fingerprint density at radius 1 is 0.462 bits per heavy atom. The summed E-state index contributed by atoms with van der Waals surface area (Å²) in [5.74, 6) is -0.0766. The van der Waals surface area contributed by atoms with Crippen molar-refractivity contribution in [1.82, 2.24) is 0 Å². The first-order valence-electron chi connectivity index (χ1n) is 23.9.